The molecule has 0 spiro atoms. The Balaban J connectivity index is 1.82. The highest BCUT2D eigenvalue weighted by molar-refractivity contribution is 5.31. The van der Waals surface area contributed by atoms with E-state index in [1.807, 2.05) is 0 Å². The summed E-state index contributed by atoms with van der Waals surface area (Å²) in [7, 11) is 2.24. The zero-order valence-corrected chi connectivity index (χ0v) is 11.9. The van der Waals surface area contributed by atoms with E-state index >= 15 is 0 Å². The smallest absolute Gasteiger partial charge is 0.0104 e. The molecular weight excluding hydrogens is 220 g/mol. The summed E-state index contributed by atoms with van der Waals surface area (Å²) < 4.78 is 0. The Morgan fingerprint density at radius 1 is 1.22 bits per heavy atom. The number of benzene rings is 1. The Kier molecular flexibility index (Phi) is 4.41. The maximum Gasteiger partial charge on any atom is 0.0104 e. The first-order valence-electron chi connectivity index (χ1n) is 7.10. The summed E-state index contributed by atoms with van der Waals surface area (Å²) in [6, 6.07) is 11.6. The monoisotopic (exact) mass is 246 g/mol. The summed E-state index contributed by atoms with van der Waals surface area (Å²) in [6.07, 6.45) is 2.69. The van der Waals surface area contributed by atoms with Gasteiger partial charge in [0.2, 0.25) is 0 Å². The summed E-state index contributed by atoms with van der Waals surface area (Å²) >= 11 is 0. The van der Waals surface area contributed by atoms with Crippen molar-refractivity contribution in [3.05, 3.63) is 35.9 Å². The molecule has 0 aromatic heterocycles. The predicted octanol–water partition coefficient (Wildman–Crippen LogP) is 2.65. The lowest BCUT2D eigenvalue weighted by Gasteiger charge is -2.24. The first-order valence-corrected chi connectivity index (χ1v) is 7.10. The average Bonchev–Trinajstić information content (AvgIpc) is 3.10. The summed E-state index contributed by atoms with van der Waals surface area (Å²) in [5.41, 5.74) is 1.97. The van der Waals surface area contributed by atoms with E-state index in [-0.39, 0.29) is 0 Å². The van der Waals surface area contributed by atoms with Crippen molar-refractivity contribution in [3.8, 4) is 0 Å². The molecule has 1 aromatic carbocycles. The van der Waals surface area contributed by atoms with Gasteiger partial charge in [-0.15, -0.1) is 0 Å². The van der Waals surface area contributed by atoms with E-state index < -0.39 is 0 Å². The molecule has 1 aromatic rings. The Hall–Kier alpha value is -0.860. The van der Waals surface area contributed by atoms with Crippen LogP contribution in [-0.2, 0) is 5.41 Å². The van der Waals surface area contributed by atoms with Crippen molar-refractivity contribution in [1.82, 2.24) is 10.2 Å². The maximum atomic E-state index is 3.48. The second kappa shape index (κ2) is 5.85. The van der Waals surface area contributed by atoms with Gasteiger partial charge in [-0.3, -0.25) is 0 Å². The molecule has 0 saturated heterocycles. The fourth-order valence-electron chi connectivity index (χ4n) is 2.62. The van der Waals surface area contributed by atoms with Gasteiger partial charge in [-0.25, -0.2) is 0 Å². The van der Waals surface area contributed by atoms with Crippen molar-refractivity contribution in [2.24, 2.45) is 0 Å². The summed E-state index contributed by atoms with van der Waals surface area (Å²) in [6.45, 7) is 7.81. The third-order valence-electron chi connectivity index (χ3n) is 3.86. The molecule has 100 valence electrons. The van der Waals surface area contributed by atoms with Gasteiger partial charge in [0.25, 0.3) is 0 Å². The zero-order chi connectivity index (χ0) is 13.0. The van der Waals surface area contributed by atoms with Crippen LogP contribution in [0.4, 0.5) is 0 Å². The predicted molar refractivity (Wildman–Crippen MR) is 78.0 cm³/mol. The fraction of sp³-hybridized carbons (Fsp3) is 0.625. The Morgan fingerprint density at radius 3 is 2.44 bits per heavy atom. The van der Waals surface area contributed by atoms with Crippen LogP contribution in [0.15, 0.2) is 30.3 Å². The van der Waals surface area contributed by atoms with Crippen LogP contribution in [0.3, 0.4) is 0 Å². The van der Waals surface area contributed by atoms with Crippen LogP contribution in [0.2, 0.25) is 0 Å². The SMILES string of the molecule is CC(C)NCCN(C)CC1(c2ccccc2)CC1. The standard InChI is InChI=1S/C16H26N2/c1-14(2)17-11-12-18(3)13-16(9-10-16)15-7-5-4-6-8-15/h4-8,14,17H,9-13H2,1-3H3. The molecule has 1 N–H and O–H groups in total. The first-order chi connectivity index (χ1) is 8.62. The van der Waals surface area contributed by atoms with Gasteiger partial charge in [0.15, 0.2) is 0 Å². The molecule has 0 atom stereocenters. The number of nitrogens with zero attached hydrogens (tertiary/aromatic N) is 1. The third-order valence-corrected chi connectivity index (χ3v) is 3.86. The van der Waals surface area contributed by atoms with Crippen LogP contribution in [0.1, 0.15) is 32.3 Å². The number of hydrogen-bond acceptors (Lipinski definition) is 2. The van der Waals surface area contributed by atoms with Gasteiger partial charge in [-0.05, 0) is 25.5 Å². The van der Waals surface area contributed by atoms with Crippen molar-refractivity contribution < 1.29 is 0 Å². The highest BCUT2D eigenvalue weighted by atomic mass is 15.1. The molecule has 1 aliphatic rings. The van der Waals surface area contributed by atoms with Gasteiger partial charge < -0.3 is 10.2 Å². The van der Waals surface area contributed by atoms with Crippen molar-refractivity contribution in [2.45, 2.75) is 38.1 Å². The Morgan fingerprint density at radius 2 is 1.89 bits per heavy atom. The van der Waals surface area contributed by atoms with E-state index in [0.717, 1.165) is 13.1 Å². The fourth-order valence-corrected chi connectivity index (χ4v) is 2.62. The number of likely N-dealkylation sites (N-methyl/N-ethyl adjacent to an activating group) is 1. The molecule has 2 heteroatoms. The van der Waals surface area contributed by atoms with Gasteiger partial charge in [-0.1, -0.05) is 44.2 Å². The highest BCUT2D eigenvalue weighted by Gasteiger charge is 2.44. The largest absolute Gasteiger partial charge is 0.313 e. The second-order valence-corrected chi connectivity index (χ2v) is 5.99. The molecule has 1 fully saturated rings. The minimum atomic E-state index is 0.452. The third kappa shape index (κ3) is 3.56. The lowest BCUT2D eigenvalue weighted by atomic mass is 9.95. The molecular formula is C16H26N2. The molecule has 0 unspecified atom stereocenters. The molecule has 2 rings (SSSR count). The van der Waals surface area contributed by atoms with Crippen molar-refractivity contribution in [2.75, 3.05) is 26.7 Å². The van der Waals surface area contributed by atoms with Crippen LogP contribution in [0.25, 0.3) is 0 Å². The minimum Gasteiger partial charge on any atom is -0.313 e. The zero-order valence-electron chi connectivity index (χ0n) is 11.9. The van der Waals surface area contributed by atoms with Crippen LogP contribution in [0, 0.1) is 0 Å². The van der Waals surface area contributed by atoms with Gasteiger partial charge >= 0.3 is 0 Å². The van der Waals surface area contributed by atoms with E-state index in [2.05, 4.69) is 61.4 Å². The van der Waals surface area contributed by atoms with Gasteiger partial charge in [0.1, 0.15) is 0 Å². The lowest BCUT2D eigenvalue weighted by molar-refractivity contribution is 0.297. The van der Waals surface area contributed by atoms with Crippen molar-refractivity contribution in [3.63, 3.8) is 0 Å². The molecule has 0 radical (unpaired) electrons. The molecule has 1 aliphatic carbocycles. The van der Waals surface area contributed by atoms with Crippen molar-refractivity contribution >= 4 is 0 Å². The minimum absolute atomic E-state index is 0.452. The maximum absolute atomic E-state index is 3.48. The van der Waals surface area contributed by atoms with E-state index in [4.69, 9.17) is 0 Å². The molecule has 0 heterocycles. The topological polar surface area (TPSA) is 15.3 Å². The lowest BCUT2D eigenvalue weighted by Crippen LogP contribution is -2.36. The Bertz CT molecular complexity index is 355. The summed E-state index contributed by atoms with van der Waals surface area (Å²) in [5.74, 6) is 0. The summed E-state index contributed by atoms with van der Waals surface area (Å²) in [4.78, 5) is 2.47. The molecule has 18 heavy (non-hydrogen) atoms. The van der Waals surface area contributed by atoms with Crippen LogP contribution >= 0.6 is 0 Å². The quantitative estimate of drug-likeness (QED) is 0.795. The normalized spacial score (nSPS) is 17.4. The van der Waals surface area contributed by atoms with E-state index in [1.54, 1.807) is 0 Å². The van der Waals surface area contributed by atoms with Gasteiger partial charge in [0, 0.05) is 31.1 Å². The highest BCUT2D eigenvalue weighted by Crippen LogP contribution is 2.48. The van der Waals surface area contributed by atoms with Gasteiger partial charge in [0.05, 0.1) is 0 Å². The van der Waals surface area contributed by atoms with Crippen LogP contribution < -0.4 is 5.32 Å². The number of hydrogen-bond donors (Lipinski definition) is 1. The molecule has 0 aliphatic heterocycles. The second-order valence-electron chi connectivity index (χ2n) is 5.99. The number of nitrogens with one attached hydrogen (secondary N) is 1. The molecule has 1 saturated carbocycles. The van der Waals surface area contributed by atoms with Crippen LogP contribution in [0.5, 0.6) is 0 Å². The average molecular weight is 246 g/mol. The van der Waals surface area contributed by atoms with E-state index in [0.29, 0.717) is 11.5 Å². The van der Waals surface area contributed by atoms with Gasteiger partial charge in [-0.2, -0.15) is 0 Å². The molecule has 0 amide bonds. The van der Waals surface area contributed by atoms with E-state index in [1.165, 1.54) is 24.9 Å². The van der Waals surface area contributed by atoms with Crippen molar-refractivity contribution in [1.29, 1.82) is 0 Å². The number of rotatable bonds is 7. The molecule has 2 nitrogen and oxygen atoms in total. The first kappa shape index (κ1) is 13.6. The molecule has 0 bridgehead atoms. The Labute approximate surface area is 111 Å². The summed E-state index contributed by atoms with van der Waals surface area (Å²) in [5, 5.41) is 3.48. The van der Waals surface area contributed by atoms with Crippen LogP contribution in [-0.4, -0.2) is 37.6 Å². The van der Waals surface area contributed by atoms with E-state index in [9.17, 15) is 0 Å².